The molecule has 0 radical (unpaired) electrons. The van der Waals surface area contributed by atoms with Crippen LogP contribution in [0.2, 0.25) is 5.02 Å². The molecule has 6 heteroatoms. The van der Waals surface area contributed by atoms with E-state index in [0.717, 1.165) is 48.6 Å². The lowest BCUT2D eigenvalue weighted by atomic mass is 9.88. The maximum atomic E-state index is 14.7. The van der Waals surface area contributed by atoms with Crippen LogP contribution in [-0.4, -0.2) is 19.2 Å². The topological polar surface area (TPSA) is 33.3 Å². The molecule has 5 rings (SSSR count). The fourth-order valence-electron chi connectivity index (χ4n) is 4.23. The third-order valence-electron chi connectivity index (χ3n) is 5.55. The van der Waals surface area contributed by atoms with Gasteiger partial charge < -0.3 is 15.4 Å². The van der Waals surface area contributed by atoms with Gasteiger partial charge in [-0.15, -0.1) is 0 Å². The van der Waals surface area contributed by atoms with Crippen molar-refractivity contribution in [3.8, 4) is 16.9 Å². The Hall–Kier alpha value is -2.63. The Morgan fingerprint density at radius 3 is 2.55 bits per heavy atom. The molecule has 0 saturated carbocycles. The molecule has 0 amide bonds. The van der Waals surface area contributed by atoms with E-state index in [1.807, 2.05) is 36.4 Å². The molecule has 0 aliphatic carbocycles. The number of halogens is 3. The fourth-order valence-corrected chi connectivity index (χ4v) is 4.42. The molecule has 3 aromatic carbocycles. The maximum Gasteiger partial charge on any atom is 0.146 e. The van der Waals surface area contributed by atoms with Crippen molar-refractivity contribution in [2.24, 2.45) is 0 Å². The van der Waals surface area contributed by atoms with Gasteiger partial charge in [0.1, 0.15) is 23.5 Å². The molecular weight excluding hydrogens is 394 g/mol. The van der Waals surface area contributed by atoms with Crippen molar-refractivity contribution >= 4 is 23.0 Å². The number of hydrogen-bond acceptors (Lipinski definition) is 3. The normalized spacial score (nSPS) is 20.0. The average molecular weight is 413 g/mol. The van der Waals surface area contributed by atoms with E-state index in [1.54, 1.807) is 6.07 Å². The first-order valence-corrected chi connectivity index (χ1v) is 10.0. The minimum absolute atomic E-state index is 0.0346. The molecule has 1 fully saturated rings. The third-order valence-corrected chi connectivity index (χ3v) is 5.77. The van der Waals surface area contributed by atoms with Gasteiger partial charge in [0, 0.05) is 28.7 Å². The summed E-state index contributed by atoms with van der Waals surface area (Å²) in [6.07, 6.45) is 0.959. The van der Waals surface area contributed by atoms with Gasteiger partial charge in [-0.2, -0.15) is 0 Å². The van der Waals surface area contributed by atoms with Gasteiger partial charge in [-0.3, -0.25) is 0 Å². The van der Waals surface area contributed by atoms with Crippen LogP contribution in [-0.2, 0) is 0 Å². The van der Waals surface area contributed by atoms with Gasteiger partial charge in [-0.1, -0.05) is 29.8 Å². The lowest BCUT2D eigenvalue weighted by Crippen LogP contribution is -2.37. The number of piperidine rings is 1. The number of rotatable bonds is 3. The van der Waals surface area contributed by atoms with Crippen LogP contribution in [0.4, 0.5) is 20.2 Å². The van der Waals surface area contributed by atoms with Crippen molar-refractivity contribution in [3.63, 3.8) is 0 Å². The highest BCUT2D eigenvalue weighted by molar-refractivity contribution is 6.30. The first kappa shape index (κ1) is 18.4. The summed E-state index contributed by atoms with van der Waals surface area (Å²) in [5, 5.41) is 6.78. The van der Waals surface area contributed by atoms with Crippen molar-refractivity contribution in [3.05, 3.63) is 76.8 Å². The van der Waals surface area contributed by atoms with E-state index in [1.165, 1.54) is 0 Å². The number of para-hydroxylation sites is 1. The Labute approximate surface area is 172 Å². The standard InChI is InChI=1S/C23H19ClF2N2O/c24-14-10-18(25)22(19(26)11-14)13-8-16-17-12-27-7-6-21(17)29-23(16)20(9-13)28-15-4-2-1-3-5-15/h1-5,8-11,17,21,27-28H,6-7,12H2. The van der Waals surface area contributed by atoms with Crippen LogP contribution in [0.25, 0.3) is 11.1 Å². The minimum atomic E-state index is -0.683. The van der Waals surface area contributed by atoms with Crippen molar-refractivity contribution < 1.29 is 13.5 Å². The summed E-state index contributed by atoms with van der Waals surface area (Å²) in [5.41, 5.74) is 2.92. The highest BCUT2D eigenvalue weighted by Gasteiger charge is 2.38. The fraction of sp³-hybridized carbons (Fsp3) is 0.217. The quantitative estimate of drug-likeness (QED) is 0.564. The zero-order valence-corrected chi connectivity index (χ0v) is 16.3. The Morgan fingerprint density at radius 1 is 1.03 bits per heavy atom. The SMILES string of the molecule is Fc1cc(Cl)cc(F)c1-c1cc(Nc2ccccc2)c2c(c1)C1CNCCC1O2. The van der Waals surface area contributed by atoms with Crippen molar-refractivity contribution in [2.75, 3.05) is 18.4 Å². The Morgan fingerprint density at radius 2 is 1.79 bits per heavy atom. The second-order valence-electron chi connectivity index (χ2n) is 7.43. The smallest absolute Gasteiger partial charge is 0.146 e. The summed E-state index contributed by atoms with van der Waals surface area (Å²) < 4.78 is 35.6. The van der Waals surface area contributed by atoms with Gasteiger partial charge in [0.15, 0.2) is 0 Å². The zero-order chi connectivity index (χ0) is 20.0. The third kappa shape index (κ3) is 3.34. The summed E-state index contributed by atoms with van der Waals surface area (Å²) in [7, 11) is 0. The van der Waals surface area contributed by atoms with E-state index < -0.39 is 11.6 Å². The highest BCUT2D eigenvalue weighted by Crippen LogP contribution is 2.48. The van der Waals surface area contributed by atoms with Crippen LogP contribution in [0, 0.1) is 11.6 Å². The van der Waals surface area contributed by atoms with Crippen molar-refractivity contribution in [1.29, 1.82) is 0 Å². The minimum Gasteiger partial charge on any atom is -0.487 e. The zero-order valence-electron chi connectivity index (χ0n) is 15.5. The monoisotopic (exact) mass is 412 g/mol. The predicted octanol–water partition coefficient (Wildman–Crippen LogP) is 5.87. The summed E-state index contributed by atoms with van der Waals surface area (Å²) in [6, 6.07) is 15.5. The van der Waals surface area contributed by atoms with Gasteiger partial charge >= 0.3 is 0 Å². The summed E-state index contributed by atoms with van der Waals surface area (Å²) in [6.45, 7) is 1.67. The molecule has 2 aliphatic rings. The lowest BCUT2D eigenvalue weighted by molar-refractivity contribution is 0.173. The second kappa shape index (κ2) is 7.32. The molecule has 3 nitrogen and oxygen atoms in total. The Balaban J connectivity index is 1.67. The maximum absolute atomic E-state index is 14.7. The van der Waals surface area contributed by atoms with E-state index in [-0.39, 0.29) is 22.6 Å². The molecule has 2 unspecified atom stereocenters. The molecule has 0 aromatic heterocycles. The van der Waals surface area contributed by atoms with Gasteiger partial charge in [-0.05, 0) is 54.9 Å². The van der Waals surface area contributed by atoms with Gasteiger partial charge in [0.25, 0.3) is 0 Å². The lowest BCUT2D eigenvalue weighted by Gasteiger charge is -2.24. The molecule has 2 atom stereocenters. The molecule has 0 spiro atoms. The van der Waals surface area contributed by atoms with Crippen molar-refractivity contribution in [1.82, 2.24) is 5.32 Å². The molecule has 2 heterocycles. The van der Waals surface area contributed by atoms with Crippen molar-refractivity contribution in [2.45, 2.75) is 18.4 Å². The number of nitrogens with one attached hydrogen (secondary N) is 2. The van der Waals surface area contributed by atoms with E-state index in [9.17, 15) is 8.78 Å². The molecule has 29 heavy (non-hydrogen) atoms. The van der Waals surface area contributed by atoms with Crippen LogP contribution < -0.4 is 15.4 Å². The molecule has 0 bridgehead atoms. The molecule has 148 valence electrons. The van der Waals surface area contributed by atoms with Gasteiger partial charge in [-0.25, -0.2) is 8.78 Å². The predicted molar refractivity (Wildman–Crippen MR) is 111 cm³/mol. The largest absolute Gasteiger partial charge is 0.487 e. The van der Waals surface area contributed by atoms with Gasteiger partial charge in [0.2, 0.25) is 0 Å². The van der Waals surface area contributed by atoms with Crippen LogP contribution in [0.3, 0.4) is 0 Å². The van der Waals surface area contributed by atoms with E-state index >= 15 is 0 Å². The van der Waals surface area contributed by atoms with Crippen LogP contribution in [0.5, 0.6) is 5.75 Å². The molecule has 3 aromatic rings. The number of ether oxygens (including phenoxy) is 1. The van der Waals surface area contributed by atoms with E-state index in [2.05, 4.69) is 10.6 Å². The summed E-state index contributed by atoms with van der Waals surface area (Å²) in [4.78, 5) is 0. The summed E-state index contributed by atoms with van der Waals surface area (Å²) >= 11 is 5.81. The highest BCUT2D eigenvalue weighted by atomic mass is 35.5. The number of anilines is 2. The number of fused-ring (bicyclic) bond motifs is 3. The van der Waals surface area contributed by atoms with Gasteiger partial charge in [0.05, 0.1) is 11.3 Å². The first-order valence-electron chi connectivity index (χ1n) is 9.62. The van der Waals surface area contributed by atoms with Crippen LogP contribution in [0.1, 0.15) is 17.9 Å². The summed E-state index contributed by atoms with van der Waals surface area (Å²) in [5.74, 6) is -0.463. The molecular formula is C23H19ClF2N2O. The van der Waals surface area contributed by atoms with Crippen LogP contribution in [0.15, 0.2) is 54.6 Å². The van der Waals surface area contributed by atoms with E-state index in [4.69, 9.17) is 16.3 Å². The Kier molecular flexibility index (Phi) is 4.64. The first-order chi connectivity index (χ1) is 14.1. The molecule has 2 N–H and O–H groups in total. The average Bonchev–Trinajstić information content (AvgIpc) is 3.07. The number of hydrogen-bond donors (Lipinski definition) is 2. The number of benzene rings is 3. The molecule has 1 saturated heterocycles. The van der Waals surface area contributed by atoms with E-state index in [0.29, 0.717) is 11.3 Å². The molecule has 2 aliphatic heterocycles. The van der Waals surface area contributed by atoms with Crippen LogP contribution >= 0.6 is 11.6 Å². The second-order valence-corrected chi connectivity index (χ2v) is 7.87. The Bertz CT molecular complexity index is 1050.